The predicted octanol–water partition coefficient (Wildman–Crippen LogP) is 11.9. The number of hydrogen-bond acceptors (Lipinski definition) is 5. The second-order valence-electron chi connectivity index (χ2n) is 12.3. The van der Waals surface area contributed by atoms with Crippen molar-refractivity contribution in [3.05, 3.63) is 85.1 Å². The number of esters is 2. The molecule has 0 heterocycles. The summed E-state index contributed by atoms with van der Waals surface area (Å²) in [6.07, 6.45) is 52.1. The normalized spacial score (nSPS) is 13.1. The molecule has 0 aromatic rings. The van der Waals surface area contributed by atoms with Crippen LogP contribution in [0.2, 0.25) is 0 Å². The Labute approximate surface area is 295 Å². The van der Waals surface area contributed by atoms with Crippen LogP contribution in [0.25, 0.3) is 0 Å². The minimum atomic E-state index is -0.794. The number of hydrogen-bond donors (Lipinski definition) is 1. The smallest absolute Gasteiger partial charge is 0.306 e. The van der Waals surface area contributed by atoms with Crippen molar-refractivity contribution in [1.29, 1.82) is 0 Å². The lowest BCUT2D eigenvalue weighted by Gasteiger charge is -2.15. The van der Waals surface area contributed by atoms with Crippen molar-refractivity contribution in [3.63, 3.8) is 0 Å². The molecule has 5 heteroatoms. The minimum absolute atomic E-state index is 0.0897. The molecular formula is C43H70O5. The summed E-state index contributed by atoms with van der Waals surface area (Å²) in [5.74, 6) is -0.645. The molecular weight excluding hydrogens is 596 g/mol. The molecule has 0 saturated heterocycles. The maximum atomic E-state index is 12.2. The first kappa shape index (κ1) is 45.1. The fourth-order valence-electron chi connectivity index (χ4n) is 4.83. The number of aliphatic hydroxyl groups excluding tert-OH is 1. The van der Waals surface area contributed by atoms with Crippen LogP contribution in [0, 0.1) is 0 Å². The van der Waals surface area contributed by atoms with Gasteiger partial charge >= 0.3 is 11.9 Å². The summed E-state index contributed by atoms with van der Waals surface area (Å²) >= 11 is 0. The fourth-order valence-corrected chi connectivity index (χ4v) is 4.83. The summed E-state index contributed by atoms with van der Waals surface area (Å²) < 4.78 is 10.6. The molecule has 0 saturated carbocycles. The molecule has 1 N–H and O–H groups in total. The quantitative estimate of drug-likeness (QED) is 0.0326. The Morgan fingerprint density at radius 3 is 1.52 bits per heavy atom. The SMILES string of the molecule is CC/C=C/C=C/C=C/CCCCCCCC(=O)OCC(CO)OC(=O)CCCCCCC/C=C/C/C=C/C/C=C/C/C=C/CCCCC. The number of unbranched alkanes of at least 4 members (excludes halogenated alkanes) is 13. The van der Waals surface area contributed by atoms with Crippen molar-refractivity contribution < 1.29 is 24.2 Å². The molecule has 0 bridgehead atoms. The summed E-state index contributed by atoms with van der Waals surface area (Å²) in [6, 6.07) is 0. The molecule has 1 unspecified atom stereocenters. The van der Waals surface area contributed by atoms with Gasteiger partial charge in [-0.15, -0.1) is 0 Å². The third-order valence-corrected chi connectivity index (χ3v) is 7.73. The molecule has 272 valence electrons. The van der Waals surface area contributed by atoms with Gasteiger partial charge in [-0.1, -0.05) is 150 Å². The molecule has 0 fully saturated rings. The zero-order valence-corrected chi connectivity index (χ0v) is 30.7. The van der Waals surface area contributed by atoms with Crippen LogP contribution in [-0.4, -0.2) is 36.4 Å². The van der Waals surface area contributed by atoms with E-state index in [9.17, 15) is 14.7 Å². The molecule has 0 aliphatic carbocycles. The van der Waals surface area contributed by atoms with Gasteiger partial charge in [0.25, 0.3) is 0 Å². The largest absolute Gasteiger partial charge is 0.462 e. The van der Waals surface area contributed by atoms with E-state index in [4.69, 9.17) is 9.47 Å². The molecule has 0 aromatic heterocycles. The molecule has 0 radical (unpaired) electrons. The average molecular weight is 667 g/mol. The van der Waals surface area contributed by atoms with Gasteiger partial charge in [-0.3, -0.25) is 9.59 Å². The molecule has 0 aromatic carbocycles. The Balaban J connectivity index is 3.67. The van der Waals surface area contributed by atoms with Crippen LogP contribution in [0.4, 0.5) is 0 Å². The van der Waals surface area contributed by atoms with Gasteiger partial charge in [0.05, 0.1) is 6.61 Å². The summed E-state index contributed by atoms with van der Waals surface area (Å²) in [4.78, 5) is 24.2. The number of aliphatic hydroxyl groups is 1. The summed E-state index contributed by atoms with van der Waals surface area (Å²) in [5.41, 5.74) is 0. The molecule has 1 atom stereocenters. The van der Waals surface area contributed by atoms with Crippen LogP contribution in [0.3, 0.4) is 0 Å². The first-order valence-corrected chi connectivity index (χ1v) is 19.2. The number of rotatable bonds is 33. The van der Waals surface area contributed by atoms with Crippen molar-refractivity contribution in [2.45, 2.75) is 161 Å². The Hall–Kier alpha value is -2.92. The minimum Gasteiger partial charge on any atom is -0.462 e. The monoisotopic (exact) mass is 667 g/mol. The van der Waals surface area contributed by atoms with Crippen LogP contribution in [0.15, 0.2) is 85.1 Å². The lowest BCUT2D eigenvalue weighted by Crippen LogP contribution is -2.28. The van der Waals surface area contributed by atoms with Gasteiger partial charge in [0.1, 0.15) is 6.61 Å². The van der Waals surface area contributed by atoms with Crippen molar-refractivity contribution in [3.8, 4) is 0 Å². The Morgan fingerprint density at radius 2 is 0.979 bits per heavy atom. The van der Waals surface area contributed by atoms with Crippen LogP contribution < -0.4 is 0 Å². The highest BCUT2D eigenvalue weighted by Crippen LogP contribution is 2.11. The topological polar surface area (TPSA) is 72.8 Å². The summed E-state index contributed by atoms with van der Waals surface area (Å²) in [6.45, 7) is 3.92. The third kappa shape index (κ3) is 35.9. The molecule has 5 nitrogen and oxygen atoms in total. The second-order valence-corrected chi connectivity index (χ2v) is 12.3. The lowest BCUT2D eigenvalue weighted by atomic mass is 10.1. The number of carbonyl (C=O) groups is 2. The maximum absolute atomic E-state index is 12.2. The molecule has 0 amide bonds. The van der Waals surface area contributed by atoms with Gasteiger partial charge in [-0.05, 0) is 77.0 Å². The van der Waals surface area contributed by atoms with E-state index in [-0.39, 0.29) is 25.2 Å². The molecule has 0 spiro atoms. The van der Waals surface area contributed by atoms with E-state index in [1.165, 1.54) is 25.7 Å². The van der Waals surface area contributed by atoms with Crippen molar-refractivity contribution in [1.82, 2.24) is 0 Å². The van der Waals surface area contributed by atoms with Crippen LogP contribution in [0.1, 0.15) is 155 Å². The molecule has 0 aliphatic rings. The summed E-state index contributed by atoms with van der Waals surface area (Å²) in [7, 11) is 0. The number of carbonyl (C=O) groups excluding carboxylic acids is 2. The highest BCUT2D eigenvalue weighted by Gasteiger charge is 2.16. The van der Waals surface area contributed by atoms with Crippen LogP contribution in [-0.2, 0) is 19.1 Å². The first-order chi connectivity index (χ1) is 23.6. The van der Waals surface area contributed by atoms with Gasteiger partial charge < -0.3 is 14.6 Å². The molecule has 0 aliphatic heterocycles. The van der Waals surface area contributed by atoms with Gasteiger partial charge in [0.15, 0.2) is 6.10 Å². The number of allylic oxidation sites excluding steroid dienone is 14. The third-order valence-electron chi connectivity index (χ3n) is 7.73. The van der Waals surface area contributed by atoms with Gasteiger partial charge in [-0.2, -0.15) is 0 Å². The van der Waals surface area contributed by atoms with E-state index >= 15 is 0 Å². The predicted molar refractivity (Wildman–Crippen MR) is 205 cm³/mol. The van der Waals surface area contributed by atoms with E-state index in [1.54, 1.807) is 0 Å². The average Bonchev–Trinajstić information content (AvgIpc) is 3.09. The summed E-state index contributed by atoms with van der Waals surface area (Å²) in [5, 5.41) is 9.54. The second kappa shape index (κ2) is 38.5. The molecule has 0 rings (SSSR count). The van der Waals surface area contributed by atoms with Gasteiger partial charge in [0, 0.05) is 12.8 Å². The Kier molecular flexibility index (Phi) is 36.2. The zero-order valence-electron chi connectivity index (χ0n) is 30.7. The fraction of sp³-hybridized carbons (Fsp3) is 0.628. The van der Waals surface area contributed by atoms with E-state index in [0.29, 0.717) is 12.8 Å². The standard InChI is InChI=1S/C43H70O5/c1-3-5-7-9-11-13-15-17-18-19-20-21-22-23-24-26-28-30-32-34-36-38-43(46)48-41(39-44)40-47-42(45)37-35-33-31-29-27-25-16-14-12-10-8-6-4-2/h6,8,10-14,16-18,20-21,23-24,41,44H,3-5,7,9,15,19,22,25-40H2,1-2H3/b8-6+,12-10+,13-11+,16-14+,18-17+,21-20+,24-23+. The zero-order chi connectivity index (χ0) is 35.0. The van der Waals surface area contributed by atoms with Crippen LogP contribution in [0.5, 0.6) is 0 Å². The highest BCUT2D eigenvalue weighted by molar-refractivity contribution is 5.70. The van der Waals surface area contributed by atoms with Gasteiger partial charge in [-0.25, -0.2) is 0 Å². The van der Waals surface area contributed by atoms with E-state index < -0.39 is 6.10 Å². The lowest BCUT2D eigenvalue weighted by molar-refractivity contribution is -0.161. The number of ether oxygens (including phenoxy) is 2. The van der Waals surface area contributed by atoms with Gasteiger partial charge in [0.2, 0.25) is 0 Å². The van der Waals surface area contributed by atoms with Crippen molar-refractivity contribution in [2.24, 2.45) is 0 Å². The van der Waals surface area contributed by atoms with E-state index in [2.05, 4.69) is 92.8 Å². The first-order valence-electron chi connectivity index (χ1n) is 19.2. The Bertz CT molecular complexity index is 937. The highest BCUT2D eigenvalue weighted by atomic mass is 16.6. The van der Waals surface area contributed by atoms with E-state index in [0.717, 1.165) is 103 Å². The van der Waals surface area contributed by atoms with Crippen molar-refractivity contribution >= 4 is 11.9 Å². The Morgan fingerprint density at radius 1 is 0.521 bits per heavy atom. The molecule has 48 heavy (non-hydrogen) atoms. The maximum Gasteiger partial charge on any atom is 0.306 e. The van der Waals surface area contributed by atoms with E-state index in [1.807, 2.05) is 6.08 Å². The van der Waals surface area contributed by atoms with Crippen molar-refractivity contribution in [2.75, 3.05) is 13.2 Å². The van der Waals surface area contributed by atoms with Crippen LogP contribution >= 0.6 is 0 Å².